The summed E-state index contributed by atoms with van der Waals surface area (Å²) in [5, 5.41) is 7.10. The van der Waals surface area contributed by atoms with E-state index in [0.29, 0.717) is 40.4 Å². The number of halogens is 1. The Labute approximate surface area is 209 Å². The molecule has 184 valence electrons. The van der Waals surface area contributed by atoms with Gasteiger partial charge in [-0.05, 0) is 63.1 Å². The first-order valence-corrected chi connectivity index (χ1v) is 12.1. The van der Waals surface area contributed by atoms with E-state index in [1.54, 1.807) is 24.7 Å². The van der Waals surface area contributed by atoms with Gasteiger partial charge in [-0.3, -0.25) is 9.78 Å². The summed E-state index contributed by atoms with van der Waals surface area (Å²) in [6.45, 7) is 6.61. The summed E-state index contributed by atoms with van der Waals surface area (Å²) < 4.78 is 13.1. The number of fused-ring (bicyclic) bond motifs is 1. The number of hydrogen-bond acceptors (Lipinski definition) is 7. The number of carbonyl (C=O) groups excluding carboxylic acids is 1. The molecule has 4 heterocycles. The van der Waals surface area contributed by atoms with Crippen LogP contribution in [-0.4, -0.2) is 55.9 Å². The second-order valence-electron chi connectivity index (χ2n) is 9.26. The lowest BCUT2D eigenvalue weighted by Crippen LogP contribution is -2.42. The molecule has 0 bridgehead atoms. The number of nitrogens with one attached hydrogen (secondary N) is 2. The zero-order valence-corrected chi connectivity index (χ0v) is 20.3. The number of likely N-dealkylation sites (tertiary alicyclic amines) is 1. The lowest BCUT2D eigenvalue weighted by Gasteiger charge is -2.35. The fraction of sp³-hybridized carbons (Fsp3) is 0.296. The van der Waals surface area contributed by atoms with Crippen LogP contribution in [0.15, 0.2) is 61.1 Å². The topological polar surface area (TPSA) is 95.9 Å². The van der Waals surface area contributed by atoms with Crippen LogP contribution in [0.25, 0.3) is 22.3 Å². The summed E-state index contributed by atoms with van der Waals surface area (Å²) in [6, 6.07) is 11.8. The maximum absolute atomic E-state index is 13.1. The van der Waals surface area contributed by atoms with E-state index >= 15 is 0 Å². The summed E-state index contributed by atoms with van der Waals surface area (Å²) in [7, 11) is 0. The van der Waals surface area contributed by atoms with E-state index in [4.69, 9.17) is 9.97 Å². The molecular weight excluding hydrogens is 457 g/mol. The minimum Gasteiger partial charge on any atom is -0.366 e. The fourth-order valence-electron chi connectivity index (χ4n) is 4.35. The summed E-state index contributed by atoms with van der Waals surface area (Å²) in [5.74, 6) is 0.322. The third-order valence-corrected chi connectivity index (χ3v) is 6.43. The van der Waals surface area contributed by atoms with Gasteiger partial charge in [0.05, 0.1) is 23.6 Å². The van der Waals surface area contributed by atoms with Crippen LogP contribution in [0.1, 0.15) is 37.0 Å². The Morgan fingerprint density at radius 1 is 0.972 bits per heavy atom. The van der Waals surface area contributed by atoms with Crippen molar-refractivity contribution in [2.45, 2.75) is 38.8 Å². The highest BCUT2D eigenvalue weighted by Gasteiger charge is 2.21. The zero-order valence-electron chi connectivity index (χ0n) is 20.3. The maximum atomic E-state index is 13.1. The second-order valence-corrected chi connectivity index (χ2v) is 9.26. The van der Waals surface area contributed by atoms with Crippen LogP contribution < -0.4 is 10.6 Å². The highest BCUT2D eigenvalue weighted by Crippen LogP contribution is 2.23. The predicted molar refractivity (Wildman–Crippen MR) is 138 cm³/mol. The Balaban J connectivity index is 1.31. The summed E-state index contributed by atoms with van der Waals surface area (Å²) in [4.78, 5) is 33.1. The van der Waals surface area contributed by atoms with Crippen molar-refractivity contribution in [2.24, 2.45) is 0 Å². The van der Waals surface area contributed by atoms with E-state index in [1.165, 1.54) is 24.3 Å². The lowest BCUT2D eigenvalue weighted by molar-refractivity contribution is 0.102. The Morgan fingerprint density at radius 2 is 1.75 bits per heavy atom. The monoisotopic (exact) mass is 485 g/mol. The van der Waals surface area contributed by atoms with E-state index in [9.17, 15) is 9.18 Å². The SMILES string of the molecule is CC(C)N1CCC(Nc2cncc(-c3ccc4cnc(NC(=O)c5ccc(F)cc5)cc4n3)n2)CC1. The van der Waals surface area contributed by atoms with Crippen LogP contribution in [-0.2, 0) is 0 Å². The lowest BCUT2D eigenvalue weighted by atomic mass is 10.0. The number of rotatable bonds is 6. The molecule has 2 N–H and O–H groups in total. The Bertz CT molecular complexity index is 1370. The van der Waals surface area contributed by atoms with Crippen LogP contribution >= 0.6 is 0 Å². The first-order chi connectivity index (χ1) is 17.4. The summed E-state index contributed by atoms with van der Waals surface area (Å²) in [6.07, 6.45) is 7.22. The number of aromatic nitrogens is 4. The van der Waals surface area contributed by atoms with E-state index in [-0.39, 0.29) is 5.91 Å². The summed E-state index contributed by atoms with van der Waals surface area (Å²) >= 11 is 0. The van der Waals surface area contributed by atoms with Crippen molar-refractivity contribution in [1.82, 2.24) is 24.8 Å². The van der Waals surface area contributed by atoms with Gasteiger partial charge in [0.25, 0.3) is 5.91 Å². The van der Waals surface area contributed by atoms with Gasteiger partial charge in [-0.15, -0.1) is 0 Å². The highest BCUT2D eigenvalue weighted by molar-refractivity contribution is 6.04. The third-order valence-electron chi connectivity index (χ3n) is 6.43. The average molecular weight is 486 g/mol. The third kappa shape index (κ3) is 5.46. The smallest absolute Gasteiger partial charge is 0.256 e. The Morgan fingerprint density at radius 3 is 2.50 bits per heavy atom. The molecule has 5 rings (SSSR count). The molecule has 1 saturated heterocycles. The van der Waals surface area contributed by atoms with Gasteiger partial charge in [0, 0.05) is 48.4 Å². The molecule has 3 aromatic heterocycles. The van der Waals surface area contributed by atoms with Gasteiger partial charge in [-0.1, -0.05) is 0 Å². The second kappa shape index (κ2) is 10.3. The molecule has 4 aromatic rings. The van der Waals surface area contributed by atoms with Crippen LogP contribution in [0.5, 0.6) is 0 Å². The van der Waals surface area contributed by atoms with Gasteiger partial charge in [0.15, 0.2) is 0 Å². The first kappa shape index (κ1) is 23.7. The number of amides is 1. The van der Waals surface area contributed by atoms with Crippen molar-refractivity contribution < 1.29 is 9.18 Å². The van der Waals surface area contributed by atoms with Crippen LogP contribution in [0.2, 0.25) is 0 Å². The van der Waals surface area contributed by atoms with Crippen molar-refractivity contribution in [3.05, 3.63) is 72.4 Å². The number of hydrogen-bond donors (Lipinski definition) is 2. The number of piperidine rings is 1. The largest absolute Gasteiger partial charge is 0.366 e. The summed E-state index contributed by atoms with van der Waals surface area (Å²) in [5.41, 5.74) is 2.35. The molecule has 1 amide bonds. The predicted octanol–water partition coefficient (Wildman–Crippen LogP) is 4.76. The van der Waals surface area contributed by atoms with Crippen LogP contribution in [0.4, 0.5) is 16.0 Å². The van der Waals surface area contributed by atoms with Gasteiger partial charge in [-0.2, -0.15) is 0 Å². The highest BCUT2D eigenvalue weighted by atomic mass is 19.1. The van der Waals surface area contributed by atoms with Crippen LogP contribution in [0.3, 0.4) is 0 Å². The molecule has 0 saturated carbocycles. The molecule has 0 spiro atoms. The van der Waals surface area contributed by atoms with Crippen molar-refractivity contribution in [1.29, 1.82) is 0 Å². The van der Waals surface area contributed by atoms with Crippen molar-refractivity contribution >= 4 is 28.4 Å². The fourth-order valence-corrected chi connectivity index (χ4v) is 4.35. The van der Waals surface area contributed by atoms with Gasteiger partial charge in [0.2, 0.25) is 0 Å². The van der Waals surface area contributed by atoms with E-state index in [0.717, 1.165) is 37.1 Å². The van der Waals surface area contributed by atoms with Crippen LogP contribution in [0, 0.1) is 5.82 Å². The number of anilines is 2. The normalized spacial score (nSPS) is 14.8. The molecule has 9 heteroatoms. The van der Waals surface area contributed by atoms with E-state index in [2.05, 4.69) is 39.3 Å². The minimum atomic E-state index is -0.397. The van der Waals surface area contributed by atoms with Gasteiger partial charge in [-0.25, -0.2) is 19.3 Å². The van der Waals surface area contributed by atoms with E-state index < -0.39 is 5.82 Å². The first-order valence-electron chi connectivity index (χ1n) is 12.1. The molecule has 0 atom stereocenters. The molecule has 0 radical (unpaired) electrons. The van der Waals surface area contributed by atoms with Crippen molar-refractivity contribution in [2.75, 3.05) is 23.7 Å². The molecule has 36 heavy (non-hydrogen) atoms. The van der Waals surface area contributed by atoms with Gasteiger partial charge < -0.3 is 15.5 Å². The van der Waals surface area contributed by atoms with Crippen molar-refractivity contribution in [3.63, 3.8) is 0 Å². The van der Waals surface area contributed by atoms with E-state index in [1.807, 2.05) is 12.1 Å². The number of carbonyl (C=O) groups is 1. The maximum Gasteiger partial charge on any atom is 0.256 e. The number of pyridine rings is 2. The molecule has 8 nitrogen and oxygen atoms in total. The minimum absolute atomic E-state index is 0.342. The quantitative estimate of drug-likeness (QED) is 0.406. The molecule has 1 aliphatic rings. The van der Waals surface area contributed by atoms with Crippen molar-refractivity contribution in [3.8, 4) is 11.4 Å². The number of nitrogens with zero attached hydrogens (tertiary/aromatic N) is 5. The molecular formula is C27H28FN7O. The van der Waals surface area contributed by atoms with Gasteiger partial charge in [0.1, 0.15) is 23.1 Å². The molecule has 1 fully saturated rings. The Kier molecular flexibility index (Phi) is 6.81. The zero-order chi connectivity index (χ0) is 25.1. The molecule has 0 unspecified atom stereocenters. The molecule has 0 aliphatic carbocycles. The molecule has 1 aromatic carbocycles. The number of benzene rings is 1. The van der Waals surface area contributed by atoms with Gasteiger partial charge >= 0.3 is 0 Å². The standard InChI is InChI=1S/C27H28FN7O/c1-17(2)35-11-9-21(10-12-35)31-26-16-29-15-24(33-26)22-8-5-19-14-30-25(13-23(19)32-22)34-27(36)18-3-6-20(28)7-4-18/h3-8,13-17,21H,9-12H2,1-2H3,(H,31,33)(H,30,34,36). The molecule has 1 aliphatic heterocycles. The Hall–Kier alpha value is -3.98. The average Bonchev–Trinajstić information content (AvgIpc) is 2.89.